The lowest BCUT2D eigenvalue weighted by Crippen LogP contribution is -1.98. The second-order valence-electron chi connectivity index (χ2n) is 11.6. The van der Waals surface area contributed by atoms with Gasteiger partial charge in [0.05, 0.1) is 27.8 Å². The molecular weight excluding hydrogens is 550 g/mol. The fourth-order valence-electron chi connectivity index (χ4n) is 7.21. The minimum atomic E-state index is 0.886. The van der Waals surface area contributed by atoms with Crippen LogP contribution in [0.1, 0.15) is 0 Å². The largest absolute Gasteiger partial charge is 0.456 e. The van der Waals surface area contributed by atoms with Gasteiger partial charge in [0.25, 0.3) is 0 Å². The summed E-state index contributed by atoms with van der Waals surface area (Å²) in [5.74, 6) is 0.891. The highest BCUT2D eigenvalue weighted by Gasteiger charge is 2.21. The highest BCUT2D eigenvalue weighted by molar-refractivity contribution is 6.28. The number of benzene rings is 6. The van der Waals surface area contributed by atoms with Crippen molar-refractivity contribution in [3.8, 4) is 22.8 Å². The Kier molecular flexibility index (Phi) is 4.96. The molecule has 0 unspecified atom stereocenters. The molecular formula is C41H25N3O. The summed E-state index contributed by atoms with van der Waals surface area (Å²) in [6.45, 7) is 0. The molecule has 0 amide bonds. The number of furan rings is 1. The molecule has 45 heavy (non-hydrogen) atoms. The first-order chi connectivity index (χ1) is 22.3. The number of aromatic nitrogens is 3. The molecule has 10 aromatic rings. The summed E-state index contributed by atoms with van der Waals surface area (Å²) in [7, 11) is 0. The van der Waals surface area contributed by atoms with Crippen molar-refractivity contribution in [2.24, 2.45) is 0 Å². The van der Waals surface area contributed by atoms with Gasteiger partial charge in [0.15, 0.2) is 0 Å². The van der Waals surface area contributed by atoms with Gasteiger partial charge in [-0.2, -0.15) is 0 Å². The van der Waals surface area contributed by atoms with Gasteiger partial charge < -0.3 is 8.98 Å². The molecule has 0 saturated carbocycles. The SMILES string of the molecule is c1ccc(-n2c3ccccc3c3c4c5ccccc5n(-c5cccc(-c6ccc7oc8ccccc8c7c6)n5)c4ccc32)cc1. The molecule has 4 nitrogen and oxygen atoms in total. The summed E-state index contributed by atoms with van der Waals surface area (Å²) in [4.78, 5) is 5.28. The molecule has 0 fully saturated rings. The second-order valence-corrected chi connectivity index (χ2v) is 11.6. The lowest BCUT2D eigenvalue weighted by atomic mass is 10.1. The Morgan fingerprint density at radius 3 is 1.82 bits per heavy atom. The van der Waals surface area contributed by atoms with Crippen molar-refractivity contribution in [3.05, 3.63) is 152 Å². The maximum absolute atomic E-state index is 6.09. The number of fused-ring (bicyclic) bond motifs is 10. The summed E-state index contributed by atoms with van der Waals surface area (Å²) in [6, 6.07) is 53.4. The fraction of sp³-hybridized carbons (Fsp3) is 0. The first-order valence-corrected chi connectivity index (χ1v) is 15.2. The number of hydrogen-bond acceptors (Lipinski definition) is 2. The Labute approximate surface area is 258 Å². The van der Waals surface area contributed by atoms with E-state index in [2.05, 4.69) is 149 Å². The molecule has 0 saturated heterocycles. The van der Waals surface area contributed by atoms with E-state index >= 15 is 0 Å². The molecule has 210 valence electrons. The van der Waals surface area contributed by atoms with Crippen LogP contribution in [-0.4, -0.2) is 14.1 Å². The maximum Gasteiger partial charge on any atom is 0.138 e. The summed E-state index contributed by atoms with van der Waals surface area (Å²) < 4.78 is 10.8. The molecule has 10 rings (SSSR count). The van der Waals surface area contributed by atoms with Gasteiger partial charge in [-0.15, -0.1) is 0 Å². The van der Waals surface area contributed by atoms with Gasteiger partial charge in [-0.05, 0) is 72.8 Å². The van der Waals surface area contributed by atoms with E-state index in [-0.39, 0.29) is 0 Å². The van der Waals surface area contributed by atoms with Crippen molar-refractivity contribution in [2.45, 2.75) is 0 Å². The van der Waals surface area contributed by atoms with Gasteiger partial charge in [-0.3, -0.25) is 4.57 Å². The molecule has 0 bridgehead atoms. The average molecular weight is 576 g/mol. The Morgan fingerprint density at radius 1 is 0.422 bits per heavy atom. The zero-order valence-corrected chi connectivity index (χ0v) is 24.2. The third-order valence-electron chi connectivity index (χ3n) is 9.12. The standard InChI is InChI=1S/C41H25N3O/c1-2-11-27(12-3-1)43-33-17-7-4-14-29(33)40-35(43)22-23-36-41(40)30-15-5-8-18-34(30)44(36)39-20-10-16-32(42-39)26-21-24-38-31(25-26)28-13-6-9-19-37(28)45-38/h1-25H. The van der Waals surface area contributed by atoms with Crippen LogP contribution in [0.15, 0.2) is 156 Å². The summed E-state index contributed by atoms with van der Waals surface area (Å²) in [6.07, 6.45) is 0. The van der Waals surface area contributed by atoms with Crippen LogP contribution >= 0.6 is 0 Å². The molecule has 0 spiro atoms. The van der Waals surface area contributed by atoms with E-state index in [0.717, 1.165) is 55.7 Å². The normalized spacial score (nSPS) is 12.0. The van der Waals surface area contributed by atoms with E-state index in [9.17, 15) is 0 Å². The van der Waals surface area contributed by atoms with E-state index in [1.807, 2.05) is 12.1 Å². The topological polar surface area (TPSA) is 35.9 Å². The first kappa shape index (κ1) is 24.3. The van der Waals surface area contributed by atoms with Crippen molar-refractivity contribution < 1.29 is 4.42 Å². The van der Waals surface area contributed by atoms with Crippen LogP contribution in [0.25, 0.3) is 88.3 Å². The van der Waals surface area contributed by atoms with Crippen LogP contribution in [0.4, 0.5) is 0 Å². The molecule has 4 heteroatoms. The number of rotatable bonds is 3. The van der Waals surface area contributed by atoms with Gasteiger partial charge in [0, 0.05) is 43.6 Å². The Balaban J connectivity index is 1.25. The lowest BCUT2D eigenvalue weighted by Gasteiger charge is -2.10. The molecule has 0 radical (unpaired) electrons. The van der Waals surface area contributed by atoms with Gasteiger partial charge in [0.2, 0.25) is 0 Å². The van der Waals surface area contributed by atoms with Gasteiger partial charge >= 0.3 is 0 Å². The van der Waals surface area contributed by atoms with Crippen molar-refractivity contribution in [1.82, 2.24) is 14.1 Å². The summed E-state index contributed by atoms with van der Waals surface area (Å²) in [5, 5.41) is 7.18. The molecule has 4 heterocycles. The third-order valence-corrected chi connectivity index (χ3v) is 9.12. The molecule has 0 N–H and O–H groups in total. The van der Waals surface area contributed by atoms with Crippen molar-refractivity contribution >= 4 is 65.6 Å². The van der Waals surface area contributed by atoms with Crippen molar-refractivity contribution in [2.75, 3.05) is 0 Å². The predicted molar refractivity (Wildman–Crippen MR) is 186 cm³/mol. The van der Waals surface area contributed by atoms with Crippen molar-refractivity contribution in [3.63, 3.8) is 0 Å². The zero-order valence-electron chi connectivity index (χ0n) is 24.2. The second kappa shape index (κ2) is 9.18. The van der Waals surface area contributed by atoms with Crippen LogP contribution in [0, 0.1) is 0 Å². The first-order valence-electron chi connectivity index (χ1n) is 15.2. The van der Waals surface area contributed by atoms with E-state index in [1.54, 1.807) is 0 Å². The molecule has 0 atom stereocenters. The summed E-state index contributed by atoms with van der Waals surface area (Å²) in [5.41, 5.74) is 9.60. The van der Waals surface area contributed by atoms with E-state index in [1.165, 1.54) is 32.6 Å². The number of para-hydroxylation sites is 4. The van der Waals surface area contributed by atoms with Crippen LogP contribution in [-0.2, 0) is 0 Å². The van der Waals surface area contributed by atoms with Crippen LogP contribution in [0.2, 0.25) is 0 Å². The fourth-order valence-corrected chi connectivity index (χ4v) is 7.21. The Bertz CT molecular complexity index is 2760. The minimum absolute atomic E-state index is 0.886. The van der Waals surface area contributed by atoms with E-state index in [0.29, 0.717) is 0 Å². The molecule has 0 aliphatic heterocycles. The zero-order chi connectivity index (χ0) is 29.5. The minimum Gasteiger partial charge on any atom is -0.456 e. The Hall–Kier alpha value is -6.13. The van der Waals surface area contributed by atoms with Gasteiger partial charge in [-0.25, -0.2) is 4.98 Å². The highest BCUT2D eigenvalue weighted by Crippen LogP contribution is 2.42. The van der Waals surface area contributed by atoms with Crippen LogP contribution in [0.3, 0.4) is 0 Å². The molecule has 0 aliphatic carbocycles. The van der Waals surface area contributed by atoms with Crippen LogP contribution in [0.5, 0.6) is 0 Å². The highest BCUT2D eigenvalue weighted by atomic mass is 16.3. The molecule has 0 aliphatic rings. The number of hydrogen-bond donors (Lipinski definition) is 0. The Morgan fingerprint density at radius 2 is 1.04 bits per heavy atom. The quantitative estimate of drug-likeness (QED) is 0.210. The van der Waals surface area contributed by atoms with Gasteiger partial charge in [0.1, 0.15) is 17.0 Å². The van der Waals surface area contributed by atoms with Gasteiger partial charge in [-0.1, -0.05) is 78.9 Å². The molecule has 6 aromatic carbocycles. The molecule has 4 aromatic heterocycles. The monoisotopic (exact) mass is 575 g/mol. The smallest absolute Gasteiger partial charge is 0.138 e. The maximum atomic E-state index is 6.09. The van der Waals surface area contributed by atoms with Crippen molar-refractivity contribution in [1.29, 1.82) is 0 Å². The number of nitrogens with zero attached hydrogens (tertiary/aromatic N) is 3. The van der Waals surface area contributed by atoms with Crippen LogP contribution < -0.4 is 0 Å². The third kappa shape index (κ3) is 3.45. The van der Waals surface area contributed by atoms with E-state index in [4.69, 9.17) is 9.40 Å². The number of pyridine rings is 1. The lowest BCUT2D eigenvalue weighted by molar-refractivity contribution is 0.669. The average Bonchev–Trinajstić information content (AvgIpc) is 3.76. The predicted octanol–water partition coefficient (Wildman–Crippen LogP) is 10.8. The summed E-state index contributed by atoms with van der Waals surface area (Å²) >= 11 is 0. The van der Waals surface area contributed by atoms with E-state index < -0.39 is 0 Å².